The molecule has 0 atom stereocenters. The maximum atomic E-state index is 13.3. The molecule has 0 bridgehead atoms. The van der Waals surface area contributed by atoms with Gasteiger partial charge >= 0.3 is 5.69 Å². The van der Waals surface area contributed by atoms with E-state index in [2.05, 4.69) is 4.98 Å². The van der Waals surface area contributed by atoms with Gasteiger partial charge < -0.3 is 4.90 Å². The molecule has 4 rings (SSSR count). The molecule has 0 spiro atoms. The third-order valence-corrected chi connectivity index (χ3v) is 5.00. The molecule has 6 heteroatoms. The average Bonchev–Trinajstić information content (AvgIpc) is 3.00. The SMILES string of the molecule is CC(=O)c1cccc(-n2c(=O)n(Cc3ccc(N(C)C)cc3)c3cccnc32)c1. The highest BCUT2D eigenvalue weighted by Gasteiger charge is 2.16. The molecule has 0 aliphatic carbocycles. The van der Waals surface area contributed by atoms with E-state index in [0.29, 0.717) is 23.4 Å². The normalized spacial score (nSPS) is 11.0. The number of anilines is 1. The lowest BCUT2D eigenvalue weighted by Crippen LogP contribution is -2.24. The zero-order chi connectivity index (χ0) is 20.5. The first kappa shape index (κ1) is 18.7. The first-order chi connectivity index (χ1) is 14.0. The summed E-state index contributed by atoms with van der Waals surface area (Å²) in [4.78, 5) is 31.6. The Balaban J connectivity index is 1.84. The predicted octanol–water partition coefficient (Wildman–Crippen LogP) is 3.50. The molecule has 6 nitrogen and oxygen atoms in total. The fourth-order valence-corrected chi connectivity index (χ4v) is 3.42. The Labute approximate surface area is 168 Å². The van der Waals surface area contributed by atoms with E-state index in [1.54, 1.807) is 33.5 Å². The molecule has 0 aliphatic heterocycles. The van der Waals surface area contributed by atoms with Gasteiger partial charge in [-0.15, -0.1) is 0 Å². The smallest absolute Gasteiger partial charge is 0.335 e. The highest BCUT2D eigenvalue weighted by Crippen LogP contribution is 2.19. The molecule has 0 saturated heterocycles. The van der Waals surface area contributed by atoms with Gasteiger partial charge in [-0.3, -0.25) is 9.36 Å². The van der Waals surface area contributed by atoms with E-state index in [1.165, 1.54) is 6.92 Å². The van der Waals surface area contributed by atoms with Crippen molar-refractivity contribution in [3.63, 3.8) is 0 Å². The summed E-state index contributed by atoms with van der Waals surface area (Å²) in [7, 11) is 3.99. The van der Waals surface area contributed by atoms with Crippen LogP contribution in [0.2, 0.25) is 0 Å². The number of nitrogens with zero attached hydrogens (tertiary/aromatic N) is 4. The molecule has 0 saturated carbocycles. The van der Waals surface area contributed by atoms with Crippen LogP contribution in [0.1, 0.15) is 22.8 Å². The molecule has 2 aromatic heterocycles. The van der Waals surface area contributed by atoms with E-state index in [-0.39, 0.29) is 11.5 Å². The lowest BCUT2D eigenvalue weighted by atomic mass is 10.1. The fourth-order valence-electron chi connectivity index (χ4n) is 3.42. The van der Waals surface area contributed by atoms with Crippen LogP contribution in [0.3, 0.4) is 0 Å². The molecule has 0 unspecified atom stereocenters. The minimum absolute atomic E-state index is 0.0439. The van der Waals surface area contributed by atoms with Crippen molar-refractivity contribution in [3.8, 4) is 5.69 Å². The van der Waals surface area contributed by atoms with Crippen molar-refractivity contribution in [1.29, 1.82) is 0 Å². The second-order valence-corrected chi connectivity index (χ2v) is 7.22. The second kappa shape index (κ2) is 7.39. The van der Waals surface area contributed by atoms with Crippen LogP contribution in [-0.4, -0.2) is 34.0 Å². The highest BCUT2D eigenvalue weighted by atomic mass is 16.2. The van der Waals surface area contributed by atoms with Crippen LogP contribution in [0, 0.1) is 0 Å². The van der Waals surface area contributed by atoms with Gasteiger partial charge in [0.05, 0.1) is 17.7 Å². The Bertz CT molecular complexity index is 1250. The summed E-state index contributed by atoms with van der Waals surface area (Å²) < 4.78 is 3.28. The van der Waals surface area contributed by atoms with Crippen LogP contribution in [0.15, 0.2) is 71.7 Å². The molecule has 2 heterocycles. The Hall–Kier alpha value is -3.67. The number of benzene rings is 2. The van der Waals surface area contributed by atoms with Crippen LogP contribution in [0.5, 0.6) is 0 Å². The summed E-state index contributed by atoms with van der Waals surface area (Å²) in [6.45, 7) is 1.95. The van der Waals surface area contributed by atoms with Gasteiger partial charge in [0, 0.05) is 31.5 Å². The van der Waals surface area contributed by atoms with Crippen molar-refractivity contribution in [2.24, 2.45) is 0 Å². The lowest BCUT2D eigenvalue weighted by molar-refractivity contribution is 0.101. The van der Waals surface area contributed by atoms with E-state index < -0.39 is 0 Å². The molecule has 4 aromatic rings. The molecule has 0 N–H and O–H groups in total. The number of Topliss-reactive ketones (excluding diaryl/α,β-unsaturated/α-hetero) is 1. The predicted molar refractivity (Wildman–Crippen MR) is 115 cm³/mol. The zero-order valence-electron chi connectivity index (χ0n) is 16.7. The Kier molecular flexibility index (Phi) is 4.76. The summed E-state index contributed by atoms with van der Waals surface area (Å²) in [5.41, 5.74) is 4.46. The first-order valence-corrected chi connectivity index (χ1v) is 9.39. The number of hydrogen-bond donors (Lipinski definition) is 0. The van der Waals surface area contributed by atoms with Gasteiger partial charge in [0.1, 0.15) is 0 Å². The van der Waals surface area contributed by atoms with Gasteiger partial charge in [-0.2, -0.15) is 0 Å². The van der Waals surface area contributed by atoms with Gasteiger partial charge in [0.2, 0.25) is 0 Å². The summed E-state index contributed by atoms with van der Waals surface area (Å²) in [5.74, 6) is -0.0439. The molecule has 0 radical (unpaired) electrons. The zero-order valence-corrected chi connectivity index (χ0v) is 16.7. The van der Waals surface area contributed by atoms with Crippen LogP contribution in [0.25, 0.3) is 16.9 Å². The molecule has 0 fully saturated rings. The summed E-state index contributed by atoms with van der Waals surface area (Å²) in [6, 6.07) is 18.9. The van der Waals surface area contributed by atoms with Gasteiger partial charge in [-0.25, -0.2) is 14.3 Å². The van der Waals surface area contributed by atoms with Crippen molar-refractivity contribution >= 4 is 22.6 Å². The Morgan fingerprint density at radius 3 is 2.48 bits per heavy atom. The number of ketones is 1. The number of pyridine rings is 1. The van der Waals surface area contributed by atoms with E-state index >= 15 is 0 Å². The maximum absolute atomic E-state index is 13.3. The van der Waals surface area contributed by atoms with Gasteiger partial charge in [0.25, 0.3) is 0 Å². The standard InChI is InChI=1S/C23H22N4O2/c1-16(28)18-6-4-7-20(14-18)27-22-21(8-5-13-24-22)26(23(27)29)15-17-9-11-19(12-10-17)25(2)3/h4-14H,15H2,1-3H3. The molecular formula is C23H22N4O2. The topological polar surface area (TPSA) is 60.1 Å². The van der Waals surface area contributed by atoms with Gasteiger partial charge in [-0.05, 0) is 48.9 Å². The van der Waals surface area contributed by atoms with Crippen LogP contribution in [0.4, 0.5) is 5.69 Å². The van der Waals surface area contributed by atoms with Crippen LogP contribution in [-0.2, 0) is 6.54 Å². The monoisotopic (exact) mass is 386 g/mol. The number of carbonyl (C=O) groups is 1. The molecular weight excluding hydrogens is 364 g/mol. The summed E-state index contributed by atoms with van der Waals surface area (Å²) in [5, 5.41) is 0. The van der Waals surface area contributed by atoms with Crippen LogP contribution >= 0.6 is 0 Å². The number of rotatable bonds is 5. The molecule has 0 aliphatic rings. The first-order valence-electron chi connectivity index (χ1n) is 9.39. The second-order valence-electron chi connectivity index (χ2n) is 7.22. The van der Waals surface area contributed by atoms with Crippen LogP contribution < -0.4 is 10.6 Å². The number of imidazole rings is 1. The van der Waals surface area contributed by atoms with Crippen molar-refractivity contribution in [1.82, 2.24) is 14.1 Å². The van der Waals surface area contributed by atoms with Crippen molar-refractivity contribution in [2.45, 2.75) is 13.5 Å². The summed E-state index contributed by atoms with van der Waals surface area (Å²) >= 11 is 0. The Morgan fingerprint density at radius 2 is 1.79 bits per heavy atom. The summed E-state index contributed by atoms with van der Waals surface area (Å²) in [6.07, 6.45) is 1.67. The number of hydrogen-bond acceptors (Lipinski definition) is 4. The number of carbonyl (C=O) groups excluding carboxylic acids is 1. The van der Waals surface area contributed by atoms with Crippen molar-refractivity contribution < 1.29 is 4.79 Å². The molecule has 2 aromatic carbocycles. The van der Waals surface area contributed by atoms with E-state index in [1.807, 2.05) is 61.5 Å². The highest BCUT2D eigenvalue weighted by molar-refractivity contribution is 5.94. The maximum Gasteiger partial charge on any atom is 0.335 e. The third kappa shape index (κ3) is 3.45. The fraction of sp³-hybridized carbons (Fsp3) is 0.174. The van der Waals surface area contributed by atoms with Crippen molar-refractivity contribution in [2.75, 3.05) is 19.0 Å². The van der Waals surface area contributed by atoms with Gasteiger partial charge in [0.15, 0.2) is 11.4 Å². The average molecular weight is 386 g/mol. The third-order valence-electron chi connectivity index (χ3n) is 5.00. The molecule has 0 amide bonds. The van der Waals surface area contributed by atoms with E-state index in [9.17, 15) is 9.59 Å². The quantitative estimate of drug-likeness (QED) is 0.493. The largest absolute Gasteiger partial charge is 0.378 e. The number of fused-ring (bicyclic) bond motifs is 1. The minimum Gasteiger partial charge on any atom is -0.378 e. The Morgan fingerprint density at radius 1 is 1.03 bits per heavy atom. The van der Waals surface area contributed by atoms with Gasteiger partial charge in [-0.1, -0.05) is 24.3 Å². The molecule has 29 heavy (non-hydrogen) atoms. The van der Waals surface area contributed by atoms with Crippen molar-refractivity contribution in [3.05, 3.63) is 88.5 Å². The van der Waals surface area contributed by atoms with E-state index in [4.69, 9.17) is 0 Å². The lowest BCUT2D eigenvalue weighted by Gasteiger charge is -2.12. The number of aromatic nitrogens is 3. The molecule has 146 valence electrons. The van der Waals surface area contributed by atoms with E-state index in [0.717, 1.165) is 16.8 Å². The minimum atomic E-state index is -0.184.